The summed E-state index contributed by atoms with van der Waals surface area (Å²) in [6.45, 7) is 9.75. The molecule has 18 heavy (non-hydrogen) atoms. The molecule has 0 aliphatic heterocycles. The Bertz CT molecular complexity index is 369. The summed E-state index contributed by atoms with van der Waals surface area (Å²) in [5, 5.41) is 15.7. The molecular weight excluding hydrogens is 226 g/mol. The first-order chi connectivity index (χ1) is 8.58. The Morgan fingerprint density at radius 3 is 2.61 bits per heavy atom. The van der Waals surface area contributed by atoms with Crippen molar-refractivity contribution in [1.82, 2.24) is 25.5 Å². The lowest BCUT2D eigenvalue weighted by Crippen LogP contribution is -2.27. The number of nitrogens with one attached hydrogen (secondary N) is 1. The molecule has 2 unspecified atom stereocenters. The highest BCUT2D eigenvalue weighted by Crippen LogP contribution is 2.36. The highest BCUT2D eigenvalue weighted by molar-refractivity contribution is 4.92. The van der Waals surface area contributed by atoms with E-state index in [0.29, 0.717) is 12.0 Å². The van der Waals surface area contributed by atoms with Crippen LogP contribution in [0.5, 0.6) is 0 Å². The van der Waals surface area contributed by atoms with Crippen LogP contribution in [0.15, 0.2) is 0 Å². The summed E-state index contributed by atoms with van der Waals surface area (Å²) in [4.78, 5) is 0. The van der Waals surface area contributed by atoms with E-state index in [2.05, 4.69) is 48.5 Å². The SMILES string of the molecule is CC(C)CNC(C)c1nnnn1C(C)CC1CC1. The molecule has 0 bridgehead atoms. The highest BCUT2D eigenvalue weighted by Gasteiger charge is 2.26. The van der Waals surface area contributed by atoms with Crippen LogP contribution >= 0.6 is 0 Å². The van der Waals surface area contributed by atoms with E-state index in [0.717, 1.165) is 18.3 Å². The molecule has 1 saturated carbocycles. The molecule has 1 N–H and O–H groups in total. The van der Waals surface area contributed by atoms with Gasteiger partial charge in [-0.3, -0.25) is 0 Å². The van der Waals surface area contributed by atoms with Gasteiger partial charge in [-0.1, -0.05) is 26.7 Å². The molecule has 2 atom stereocenters. The molecule has 0 aromatic carbocycles. The topological polar surface area (TPSA) is 55.6 Å². The van der Waals surface area contributed by atoms with Crippen LogP contribution in [0.25, 0.3) is 0 Å². The first kappa shape index (κ1) is 13.5. The van der Waals surface area contributed by atoms with Crippen LogP contribution in [0.3, 0.4) is 0 Å². The quantitative estimate of drug-likeness (QED) is 0.808. The van der Waals surface area contributed by atoms with Crippen molar-refractivity contribution in [2.24, 2.45) is 11.8 Å². The normalized spacial score (nSPS) is 19.2. The van der Waals surface area contributed by atoms with Crippen LogP contribution < -0.4 is 5.32 Å². The monoisotopic (exact) mass is 251 g/mol. The lowest BCUT2D eigenvalue weighted by atomic mass is 10.1. The van der Waals surface area contributed by atoms with Crippen LogP contribution in [0.2, 0.25) is 0 Å². The lowest BCUT2D eigenvalue weighted by molar-refractivity contribution is 0.386. The Hall–Kier alpha value is -0.970. The van der Waals surface area contributed by atoms with Crippen LogP contribution in [-0.2, 0) is 0 Å². The van der Waals surface area contributed by atoms with Crippen molar-refractivity contribution in [3.05, 3.63) is 5.82 Å². The van der Waals surface area contributed by atoms with Crippen molar-refractivity contribution in [2.45, 2.75) is 59.0 Å². The maximum absolute atomic E-state index is 4.18. The van der Waals surface area contributed by atoms with Gasteiger partial charge in [0.05, 0.1) is 12.1 Å². The van der Waals surface area contributed by atoms with E-state index in [4.69, 9.17) is 0 Å². The fourth-order valence-corrected chi connectivity index (χ4v) is 2.24. The van der Waals surface area contributed by atoms with Crippen molar-refractivity contribution in [1.29, 1.82) is 0 Å². The molecule has 0 amide bonds. The zero-order valence-corrected chi connectivity index (χ0v) is 11.9. The second-order valence-electron chi connectivity index (χ2n) is 6.03. The largest absolute Gasteiger partial charge is 0.307 e. The number of rotatable bonds is 7. The highest BCUT2D eigenvalue weighted by atomic mass is 15.6. The van der Waals surface area contributed by atoms with E-state index in [1.54, 1.807) is 0 Å². The van der Waals surface area contributed by atoms with Crippen molar-refractivity contribution in [2.75, 3.05) is 6.54 Å². The van der Waals surface area contributed by atoms with Gasteiger partial charge in [0, 0.05) is 0 Å². The summed E-state index contributed by atoms with van der Waals surface area (Å²) in [5.41, 5.74) is 0. The molecule has 1 aliphatic rings. The van der Waals surface area contributed by atoms with E-state index >= 15 is 0 Å². The Morgan fingerprint density at radius 1 is 1.28 bits per heavy atom. The smallest absolute Gasteiger partial charge is 0.168 e. The van der Waals surface area contributed by atoms with Gasteiger partial charge in [-0.15, -0.1) is 5.10 Å². The van der Waals surface area contributed by atoms with E-state index in [9.17, 15) is 0 Å². The average Bonchev–Trinajstić information content (AvgIpc) is 2.98. The van der Waals surface area contributed by atoms with Gasteiger partial charge < -0.3 is 5.32 Å². The molecule has 0 radical (unpaired) electrons. The maximum atomic E-state index is 4.18. The van der Waals surface area contributed by atoms with Crippen molar-refractivity contribution < 1.29 is 0 Å². The summed E-state index contributed by atoms with van der Waals surface area (Å²) >= 11 is 0. The first-order valence-corrected chi connectivity index (χ1v) is 7.09. The van der Waals surface area contributed by atoms with Crippen LogP contribution in [0, 0.1) is 11.8 Å². The first-order valence-electron chi connectivity index (χ1n) is 7.09. The standard InChI is InChI=1S/C13H25N5/c1-9(2)8-14-11(4)13-15-16-17-18(13)10(3)7-12-5-6-12/h9-12,14H,5-8H2,1-4H3. The zero-order chi connectivity index (χ0) is 13.1. The van der Waals surface area contributed by atoms with Gasteiger partial charge in [-0.05, 0) is 49.1 Å². The van der Waals surface area contributed by atoms with Gasteiger partial charge in [-0.2, -0.15) is 0 Å². The minimum absolute atomic E-state index is 0.212. The molecule has 0 saturated heterocycles. The number of hydrogen-bond donors (Lipinski definition) is 1. The zero-order valence-electron chi connectivity index (χ0n) is 11.9. The predicted molar refractivity (Wildman–Crippen MR) is 71.1 cm³/mol. The maximum Gasteiger partial charge on any atom is 0.168 e. The van der Waals surface area contributed by atoms with Gasteiger partial charge in [-0.25, -0.2) is 4.68 Å². The Kier molecular flexibility index (Phi) is 4.32. The molecule has 0 spiro atoms. The van der Waals surface area contributed by atoms with Crippen molar-refractivity contribution >= 4 is 0 Å². The van der Waals surface area contributed by atoms with Gasteiger partial charge >= 0.3 is 0 Å². The summed E-state index contributed by atoms with van der Waals surface area (Å²) in [5.74, 6) is 2.50. The van der Waals surface area contributed by atoms with Gasteiger partial charge in [0.15, 0.2) is 5.82 Å². The third-order valence-corrected chi connectivity index (χ3v) is 3.53. The fraction of sp³-hybridized carbons (Fsp3) is 0.923. The number of hydrogen-bond acceptors (Lipinski definition) is 4. The summed E-state index contributed by atoms with van der Waals surface area (Å²) in [6.07, 6.45) is 3.96. The second kappa shape index (κ2) is 5.78. The molecule has 1 aromatic heterocycles. The van der Waals surface area contributed by atoms with Gasteiger partial charge in [0.2, 0.25) is 0 Å². The molecule has 1 aromatic rings. The average molecular weight is 251 g/mol. The molecule has 5 heteroatoms. The minimum atomic E-state index is 0.212. The summed E-state index contributed by atoms with van der Waals surface area (Å²) in [6, 6.07) is 0.620. The predicted octanol–water partition coefficient (Wildman–Crippen LogP) is 2.34. The van der Waals surface area contributed by atoms with E-state index in [1.807, 2.05) is 4.68 Å². The van der Waals surface area contributed by atoms with Crippen molar-refractivity contribution in [3.8, 4) is 0 Å². The van der Waals surface area contributed by atoms with Gasteiger partial charge in [0.1, 0.15) is 0 Å². The Balaban J connectivity index is 1.96. The molecule has 2 rings (SSSR count). The van der Waals surface area contributed by atoms with E-state index in [-0.39, 0.29) is 6.04 Å². The third kappa shape index (κ3) is 3.51. The van der Waals surface area contributed by atoms with E-state index in [1.165, 1.54) is 19.3 Å². The number of tetrazole rings is 1. The third-order valence-electron chi connectivity index (χ3n) is 3.53. The molecule has 1 fully saturated rings. The van der Waals surface area contributed by atoms with E-state index < -0.39 is 0 Å². The lowest BCUT2D eigenvalue weighted by Gasteiger charge is -2.18. The molecule has 1 aliphatic carbocycles. The minimum Gasteiger partial charge on any atom is -0.307 e. The Morgan fingerprint density at radius 2 is 2.00 bits per heavy atom. The molecule has 5 nitrogen and oxygen atoms in total. The van der Waals surface area contributed by atoms with Crippen molar-refractivity contribution in [3.63, 3.8) is 0 Å². The number of nitrogens with zero attached hydrogens (tertiary/aromatic N) is 4. The van der Waals surface area contributed by atoms with Crippen LogP contribution in [0.4, 0.5) is 0 Å². The summed E-state index contributed by atoms with van der Waals surface area (Å²) in [7, 11) is 0. The molecular formula is C13H25N5. The number of aromatic nitrogens is 4. The second-order valence-corrected chi connectivity index (χ2v) is 6.03. The summed E-state index contributed by atoms with van der Waals surface area (Å²) < 4.78 is 2.00. The fourth-order valence-electron chi connectivity index (χ4n) is 2.24. The Labute approximate surface area is 109 Å². The molecule has 102 valence electrons. The van der Waals surface area contributed by atoms with Gasteiger partial charge in [0.25, 0.3) is 0 Å². The van der Waals surface area contributed by atoms with Crippen LogP contribution in [0.1, 0.15) is 64.9 Å². The molecule has 1 heterocycles. The van der Waals surface area contributed by atoms with Crippen LogP contribution in [-0.4, -0.2) is 26.8 Å².